The molecule has 2 N–H and O–H groups in total. The molecule has 0 saturated carbocycles. The van der Waals surface area contributed by atoms with E-state index in [1.807, 2.05) is 24.3 Å². The molecular weight excluding hydrogens is 534 g/mol. The smallest absolute Gasteiger partial charge is 0.407 e. The molecule has 1 aliphatic rings. The molecule has 0 bridgehead atoms. The average Bonchev–Trinajstić information content (AvgIpc) is 3.19. The summed E-state index contributed by atoms with van der Waals surface area (Å²) in [4.78, 5) is 41.4. The van der Waals surface area contributed by atoms with E-state index in [1.165, 1.54) is 28.3 Å². The zero-order valence-corrected chi connectivity index (χ0v) is 22.9. The number of amides is 1. The van der Waals surface area contributed by atoms with Crippen LogP contribution in [0.2, 0.25) is 0 Å². The van der Waals surface area contributed by atoms with Gasteiger partial charge in [-0.3, -0.25) is 4.79 Å². The topological polar surface area (TPSA) is 151 Å². The van der Waals surface area contributed by atoms with Gasteiger partial charge in [0.2, 0.25) is 5.95 Å². The molecular formula is C26H29N9O4S. The van der Waals surface area contributed by atoms with Crippen molar-refractivity contribution < 1.29 is 14.1 Å². The van der Waals surface area contributed by atoms with Crippen LogP contribution in [0.3, 0.4) is 0 Å². The fourth-order valence-corrected chi connectivity index (χ4v) is 5.01. The van der Waals surface area contributed by atoms with Gasteiger partial charge in [0.15, 0.2) is 17.3 Å². The number of nitrogens with one attached hydrogen (secondary N) is 1. The van der Waals surface area contributed by atoms with Gasteiger partial charge in [-0.25, -0.2) is 28.3 Å². The first-order valence-electron chi connectivity index (χ1n) is 12.5. The summed E-state index contributed by atoms with van der Waals surface area (Å²) < 4.78 is 19.4. The van der Waals surface area contributed by atoms with E-state index in [4.69, 9.17) is 5.11 Å². The highest BCUT2D eigenvalue weighted by atomic mass is 32.2. The summed E-state index contributed by atoms with van der Waals surface area (Å²) in [7, 11) is -2.44. The Morgan fingerprint density at radius 1 is 1.12 bits per heavy atom. The van der Waals surface area contributed by atoms with Gasteiger partial charge in [-0.15, -0.1) is 6.58 Å². The lowest BCUT2D eigenvalue weighted by Gasteiger charge is -2.34. The van der Waals surface area contributed by atoms with Gasteiger partial charge in [0.1, 0.15) is 5.39 Å². The van der Waals surface area contributed by atoms with Crippen molar-refractivity contribution in [2.75, 3.05) is 48.9 Å². The van der Waals surface area contributed by atoms with Gasteiger partial charge in [-0.05, 0) is 36.4 Å². The van der Waals surface area contributed by atoms with E-state index >= 15 is 0 Å². The second kappa shape index (κ2) is 10.8. The molecule has 1 saturated heterocycles. The summed E-state index contributed by atoms with van der Waals surface area (Å²) >= 11 is 0. The molecule has 3 aromatic heterocycles. The third-order valence-electron chi connectivity index (χ3n) is 6.27. The van der Waals surface area contributed by atoms with Gasteiger partial charge in [-0.1, -0.05) is 12.1 Å². The van der Waals surface area contributed by atoms with Gasteiger partial charge >= 0.3 is 6.09 Å². The molecule has 0 aliphatic carbocycles. The van der Waals surface area contributed by atoms with Gasteiger partial charge in [0, 0.05) is 66.0 Å². The molecule has 1 aliphatic heterocycles. The Hall–Kier alpha value is -4.72. The van der Waals surface area contributed by atoms with Crippen LogP contribution in [0.1, 0.15) is 0 Å². The Labute approximate surface area is 230 Å². The summed E-state index contributed by atoms with van der Waals surface area (Å²) in [6.45, 7) is 6.12. The second-order valence-electron chi connectivity index (χ2n) is 9.47. The number of piperazine rings is 1. The van der Waals surface area contributed by atoms with Crippen molar-refractivity contribution in [1.29, 1.82) is 0 Å². The van der Waals surface area contributed by atoms with E-state index in [0.717, 1.165) is 11.4 Å². The van der Waals surface area contributed by atoms with Crippen molar-refractivity contribution in [3.8, 4) is 5.82 Å². The predicted octanol–water partition coefficient (Wildman–Crippen LogP) is 3.07. The number of nitrogens with zero attached hydrogens (tertiary/aromatic N) is 8. The lowest BCUT2D eigenvalue weighted by atomic mass is 10.2. The van der Waals surface area contributed by atoms with E-state index in [9.17, 15) is 13.8 Å². The first kappa shape index (κ1) is 26.9. The molecule has 208 valence electrons. The van der Waals surface area contributed by atoms with Gasteiger partial charge in [0.25, 0.3) is 5.56 Å². The van der Waals surface area contributed by atoms with Crippen LogP contribution in [0.5, 0.6) is 0 Å². The number of fused-ring (bicyclic) bond motifs is 1. The summed E-state index contributed by atoms with van der Waals surface area (Å²) in [5, 5.41) is 12.6. The average molecular weight is 564 g/mol. The minimum absolute atomic E-state index is 0.210. The summed E-state index contributed by atoms with van der Waals surface area (Å²) in [5.41, 5.74) is 1.77. The maximum atomic E-state index is 13.2. The Morgan fingerprint density at radius 2 is 1.85 bits per heavy atom. The van der Waals surface area contributed by atoms with E-state index in [0.29, 0.717) is 43.0 Å². The monoisotopic (exact) mass is 563 g/mol. The van der Waals surface area contributed by atoms with Crippen LogP contribution >= 0.6 is 0 Å². The van der Waals surface area contributed by atoms with Crippen molar-refractivity contribution >= 4 is 50.0 Å². The highest BCUT2D eigenvalue weighted by Crippen LogP contribution is 2.23. The SMILES string of the molecule is C=CCn1c(=O)c2cnc(Nc3ccc(N4CCN(C(=O)O)CC4)cc3)nc2n1-c1cccc(N=S(C)(C)=O)n1. The van der Waals surface area contributed by atoms with E-state index in [-0.39, 0.29) is 23.9 Å². The van der Waals surface area contributed by atoms with Crippen LogP contribution < -0.4 is 15.8 Å². The highest BCUT2D eigenvalue weighted by molar-refractivity contribution is 7.92. The van der Waals surface area contributed by atoms with Gasteiger partial charge < -0.3 is 20.2 Å². The van der Waals surface area contributed by atoms with E-state index < -0.39 is 15.8 Å². The lowest BCUT2D eigenvalue weighted by Crippen LogP contribution is -2.48. The number of benzene rings is 1. The maximum absolute atomic E-state index is 13.2. The first-order valence-corrected chi connectivity index (χ1v) is 14.8. The van der Waals surface area contributed by atoms with Crippen LogP contribution in [0.4, 0.5) is 27.9 Å². The van der Waals surface area contributed by atoms with Gasteiger partial charge in [0.05, 0.1) is 6.54 Å². The quantitative estimate of drug-likeness (QED) is 0.323. The second-order valence-corrected chi connectivity index (χ2v) is 12.0. The molecule has 14 heteroatoms. The minimum atomic E-state index is -2.44. The van der Waals surface area contributed by atoms with E-state index in [2.05, 4.69) is 36.1 Å². The van der Waals surface area contributed by atoms with Crippen LogP contribution in [-0.4, -0.2) is 83.3 Å². The molecule has 40 heavy (non-hydrogen) atoms. The molecule has 4 heterocycles. The number of carboxylic acid groups (broad SMARTS) is 1. The van der Waals surface area contributed by atoms with Crippen LogP contribution in [0.25, 0.3) is 16.9 Å². The number of rotatable bonds is 7. The highest BCUT2D eigenvalue weighted by Gasteiger charge is 2.21. The van der Waals surface area contributed by atoms with E-state index in [1.54, 1.807) is 29.0 Å². The Kier molecular flexibility index (Phi) is 7.26. The zero-order chi connectivity index (χ0) is 28.4. The molecule has 0 spiro atoms. The van der Waals surface area contributed by atoms with Crippen molar-refractivity contribution in [1.82, 2.24) is 29.2 Å². The Bertz CT molecular complexity index is 1760. The molecule has 1 fully saturated rings. The maximum Gasteiger partial charge on any atom is 0.407 e. The summed E-state index contributed by atoms with van der Waals surface area (Å²) in [5.74, 6) is 0.950. The molecule has 0 unspecified atom stereocenters. The minimum Gasteiger partial charge on any atom is -0.465 e. The van der Waals surface area contributed by atoms with Crippen molar-refractivity contribution in [2.24, 2.45) is 4.36 Å². The summed E-state index contributed by atoms with van der Waals surface area (Å²) in [6.07, 6.45) is 5.23. The number of anilines is 3. The third kappa shape index (κ3) is 5.66. The standard InChI is InChI=1S/C26H29N9O4S/c1-4-12-34-24(36)20-17-27-25(30-23(20)35(34)22-7-5-6-21(29-22)31-40(2,3)39)28-18-8-10-19(11-9-18)32-13-15-33(16-14-32)26(37)38/h4-11,17H,1,12-16H2,2-3H3,(H,37,38)(H,27,28,30). The molecule has 13 nitrogen and oxygen atoms in total. The molecule has 4 aromatic rings. The van der Waals surface area contributed by atoms with Crippen molar-refractivity contribution in [3.63, 3.8) is 0 Å². The number of allylic oxidation sites excluding steroid dienone is 1. The largest absolute Gasteiger partial charge is 0.465 e. The number of carbonyl (C=O) groups is 1. The Balaban J connectivity index is 1.46. The molecule has 0 radical (unpaired) electrons. The first-order chi connectivity index (χ1) is 19.1. The number of hydrogen-bond acceptors (Lipinski definition) is 9. The van der Waals surface area contributed by atoms with Crippen molar-refractivity contribution in [3.05, 3.63) is 71.7 Å². The lowest BCUT2D eigenvalue weighted by molar-refractivity contribution is 0.142. The normalized spacial score (nSPS) is 13.8. The number of aromatic nitrogens is 5. The van der Waals surface area contributed by atoms with Crippen LogP contribution in [0.15, 0.2) is 70.5 Å². The zero-order valence-electron chi connectivity index (χ0n) is 22.1. The summed E-state index contributed by atoms with van der Waals surface area (Å²) in [6, 6.07) is 12.8. The molecule has 1 amide bonds. The predicted molar refractivity (Wildman–Crippen MR) is 155 cm³/mol. The fraction of sp³-hybridized carbons (Fsp3) is 0.269. The van der Waals surface area contributed by atoms with Crippen LogP contribution in [0, 0.1) is 0 Å². The Morgan fingerprint density at radius 3 is 2.50 bits per heavy atom. The number of pyridine rings is 1. The number of hydrogen-bond donors (Lipinski definition) is 2. The van der Waals surface area contributed by atoms with Crippen molar-refractivity contribution in [2.45, 2.75) is 6.54 Å². The van der Waals surface area contributed by atoms with Crippen LogP contribution in [-0.2, 0) is 16.3 Å². The molecule has 0 atom stereocenters. The third-order valence-corrected chi connectivity index (χ3v) is 6.89. The fourth-order valence-electron chi connectivity index (χ4n) is 4.46. The molecule has 5 rings (SSSR count). The van der Waals surface area contributed by atoms with Gasteiger partial charge in [-0.2, -0.15) is 9.35 Å². The molecule has 1 aromatic carbocycles.